The molecule has 0 bridgehead atoms. The fourth-order valence-electron chi connectivity index (χ4n) is 4.63. The number of nitrogens with zero attached hydrogens (tertiary/aromatic N) is 1. The molecule has 0 radical (unpaired) electrons. The number of nitrogens with one attached hydrogen (secondary N) is 1. The van der Waals surface area contributed by atoms with Gasteiger partial charge < -0.3 is 15.0 Å². The first-order valence-electron chi connectivity index (χ1n) is 13.3. The molecular formula is C31H41F3N2O2S. The number of ether oxygens (including phenoxy) is 1. The van der Waals surface area contributed by atoms with E-state index in [1.54, 1.807) is 19.2 Å². The van der Waals surface area contributed by atoms with Crippen molar-refractivity contribution in [2.45, 2.75) is 56.4 Å². The van der Waals surface area contributed by atoms with E-state index in [1.807, 2.05) is 26.1 Å². The second-order valence-corrected chi connectivity index (χ2v) is 11.0. The SMILES string of the molecule is C=C(CCCC(CCC)CN(C)/C=c1/c(C)c(C(=O)NCCOC)ccc1=C)c1ccc(SC(F)(F)F)cc1. The van der Waals surface area contributed by atoms with Crippen LogP contribution in [-0.2, 0) is 4.74 Å². The molecule has 0 aromatic heterocycles. The molecule has 0 fully saturated rings. The predicted molar refractivity (Wildman–Crippen MR) is 157 cm³/mol. The van der Waals surface area contributed by atoms with Gasteiger partial charge in [0.05, 0.1) is 6.61 Å². The third-order valence-electron chi connectivity index (χ3n) is 6.62. The van der Waals surface area contributed by atoms with Crippen LogP contribution in [0.5, 0.6) is 0 Å². The minimum absolute atomic E-state index is 0.104. The largest absolute Gasteiger partial charge is 0.446 e. The first-order chi connectivity index (χ1) is 18.4. The Kier molecular flexibility index (Phi) is 13.1. The highest BCUT2D eigenvalue weighted by atomic mass is 32.2. The van der Waals surface area contributed by atoms with Gasteiger partial charge in [0.2, 0.25) is 0 Å². The molecule has 214 valence electrons. The molecule has 2 aromatic rings. The van der Waals surface area contributed by atoms with E-state index in [4.69, 9.17) is 4.74 Å². The number of rotatable bonds is 15. The number of benzene rings is 2. The minimum Gasteiger partial charge on any atom is -0.383 e. The van der Waals surface area contributed by atoms with Crippen LogP contribution in [0.4, 0.5) is 13.2 Å². The topological polar surface area (TPSA) is 41.6 Å². The average molecular weight is 563 g/mol. The Morgan fingerprint density at radius 1 is 1.18 bits per heavy atom. The van der Waals surface area contributed by atoms with Crippen molar-refractivity contribution in [3.8, 4) is 0 Å². The molecule has 0 aliphatic heterocycles. The smallest absolute Gasteiger partial charge is 0.383 e. The monoisotopic (exact) mass is 562 g/mol. The summed E-state index contributed by atoms with van der Waals surface area (Å²) in [6.07, 6.45) is 7.01. The lowest BCUT2D eigenvalue weighted by molar-refractivity contribution is -0.0328. The van der Waals surface area contributed by atoms with Gasteiger partial charge in [-0.1, -0.05) is 44.7 Å². The standard InChI is InChI=1S/C31H41F3N2O2S/c1-7-9-25(11-8-10-22(2)26-13-15-27(16-14-26)39-31(32,33)34)20-36(5)21-29-23(3)12-17-28(24(29)4)30(37)35-18-19-38-6/h12-17,21,25H,2-3,7-11,18-20H2,1,4-6H3,(H,35,37)/b29-21+. The molecule has 1 unspecified atom stereocenters. The molecular weight excluding hydrogens is 521 g/mol. The van der Waals surface area contributed by atoms with Crippen molar-refractivity contribution in [3.63, 3.8) is 0 Å². The third-order valence-corrected chi connectivity index (χ3v) is 7.36. The molecule has 2 rings (SSSR count). The number of carbonyl (C=O) groups excluding carboxylic acids is 1. The number of halogens is 3. The number of amides is 1. The highest BCUT2D eigenvalue weighted by Gasteiger charge is 2.29. The highest BCUT2D eigenvalue weighted by Crippen LogP contribution is 2.37. The van der Waals surface area contributed by atoms with Crippen LogP contribution in [0.3, 0.4) is 0 Å². The average Bonchev–Trinajstić information content (AvgIpc) is 2.86. The van der Waals surface area contributed by atoms with Crippen molar-refractivity contribution >= 4 is 36.0 Å². The molecule has 0 aliphatic rings. The van der Waals surface area contributed by atoms with Crippen LogP contribution in [-0.4, -0.2) is 50.2 Å². The van der Waals surface area contributed by atoms with E-state index >= 15 is 0 Å². The van der Waals surface area contributed by atoms with Crippen molar-refractivity contribution in [1.82, 2.24) is 10.2 Å². The number of allylic oxidation sites excluding steroid dienone is 1. The Labute approximate surface area is 235 Å². The van der Waals surface area contributed by atoms with Gasteiger partial charge in [-0.05, 0) is 90.4 Å². The molecule has 0 saturated heterocycles. The zero-order valence-electron chi connectivity index (χ0n) is 23.5. The molecule has 1 amide bonds. The van der Waals surface area contributed by atoms with Crippen LogP contribution in [0.2, 0.25) is 0 Å². The fourth-order valence-corrected chi connectivity index (χ4v) is 5.17. The summed E-state index contributed by atoms with van der Waals surface area (Å²) in [4.78, 5) is 15.0. The molecule has 2 aromatic carbocycles. The zero-order chi connectivity index (χ0) is 29.0. The van der Waals surface area contributed by atoms with Crippen molar-refractivity contribution in [2.75, 3.05) is 33.9 Å². The van der Waals surface area contributed by atoms with E-state index < -0.39 is 5.51 Å². The molecule has 0 saturated carbocycles. The van der Waals surface area contributed by atoms with Crippen LogP contribution in [0, 0.1) is 12.8 Å². The van der Waals surface area contributed by atoms with Crippen molar-refractivity contribution in [1.29, 1.82) is 0 Å². The van der Waals surface area contributed by atoms with Gasteiger partial charge in [0.1, 0.15) is 0 Å². The quantitative estimate of drug-likeness (QED) is 0.203. The van der Waals surface area contributed by atoms with E-state index in [9.17, 15) is 18.0 Å². The van der Waals surface area contributed by atoms with Gasteiger partial charge >= 0.3 is 5.51 Å². The maximum absolute atomic E-state index is 12.6. The van der Waals surface area contributed by atoms with Crippen LogP contribution in [0.1, 0.15) is 60.5 Å². The summed E-state index contributed by atoms with van der Waals surface area (Å²) in [5.41, 5.74) is -0.943. The van der Waals surface area contributed by atoms with Crippen molar-refractivity contribution < 1.29 is 22.7 Å². The molecule has 1 N–H and O–H groups in total. The Balaban J connectivity index is 2.01. The maximum atomic E-state index is 12.6. The Hall–Kier alpha value is -2.71. The third kappa shape index (κ3) is 11.1. The molecule has 0 heterocycles. The lowest BCUT2D eigenvalue weighted by atomic mass is 9.93. The van der Waals surface area contributed by atoms with Gasteiger partial charge in [-0.2, -0.15) is 13.2 Å². The second kappa shape index (κ2) is 15.8. The van der Waals surface area contributed by atoms with Gasteiger partial charge in [0.25, 0.3) is 5.91 Å². The lowest BCUT2D eigenvalue weighted by Crippen LogP contribution is -2.35. The van der Waals surface area contributed by atoms with Crippen molar-refractivity contribution in [3.05, 3.63) is 70.1 Å². The molecule has 4 nitrogen and oxygen atoms in total. The molecule has 8 heteroatoms. The molecule has 1 atom stereocenters. The van der Waals surface area contributed by atoms with Crippen LogP contribution >= 0.6 is 11.8 Å². The summed E-state index contributed by atoms with van der Waals surface area (Å²) in [7, 11) is 3.65. The Morgan fingerprint density at radius 2 is 1.87 bits per heavy atom. The summed E-state index contributed by atoms with van der Waals surface area (Å²) in [5.74, 6) is 0.350. The Morgan fingerprint density at radius 3 is 2.49 bits per heavy atom. The molecule has 0 spiro atoms. The maximum Gasteiger partial charge on any atom is 0.446 e. The van der Waals surface area contributed by atoms with Gasteiger partial charge in [-0.25, -0.2) is 0 Å². The van der Waals surface area contributed by atoms with E-state index in [2.05, 4.69) is 36.5 Å². The van der Waals surface area contributed by atoms with Crippen LogP contribution < -0.4 is 15.8 Å². The molecule has 39 heavy (non-hydrogen) atoms. The number of alkyl halides is 3. The first kappa shape index (κ1) is 32.5. The highest BCUT2D eigenvalue weighted by molar-refractivity contribution is 8.00. The number of hydrogen-bond acceptors (Lipinski definition) is 4. The van der Waals surface area contributed by atoms with Gasteiger partial charge in [-0.3, -0.25) is 4.79 Å². The van der Waals surface area contributed by atoms with E-state index in [0.717, 1.165) is 65.8 Å². The minimum atomic E-state index is -4.28. The first-order valence-corrected chi connectivity index (χ1v) is 14.1. The second-order valence-electron chi connectivity index (χ2n) is 9.85. The van der Waals surface area contributed by atoms with Gasteiger partial charge in [0, 0.05) is 49.1 Å². The summed E-state index contributed by atoms with van der Waals surface area (Å²) < 4.78 is 42.7. The van der Waals surface area contributed by atoms with Gasteiger partial charge in [-0.15, -0.1) is 0 Å². The summed E-state index contributed by atoms with van der Waals surface area (Å²) in [5, 5.41) is 4.70. The predicted octanol–water partition coefficient (Wildman–Crippen LogP) is 6.36. The summed E-state index contributed by atoms with van der Waals surface area (Å²) in [6, 6.07) is 10.1. The number of carbonyl (C=O) groups is 1. The fraction of sp³-hybridized carbons (Fsp3) is 0.452. The van der Waals surface area contributed by atoms with Crippen LogP contribution in [0.25, 0.3) is 18.4 Å². The van der Waals surface area contributed by atoms with E-state index in [1.165, 1.54) is 12.1 Å². The zero-order valence-corrected chi connectivity index (χ0v) is 24.3. The molecule has 0 aliphatic carbocycles. The van der Waals surface area contributed by atoms with Crippen LogP contribution in [0.15, 0.2) is 47.9 Å². The Bertz CT molecular complexity index is 1200. The van der Waals surface area contributed by atoms with Crippen molar-refractivity contribution in [2.24, 2.45) is 5.92 Å². The number of thioether (sulfide) groups is 1. The van der Waals surface area contributed by atoms with Gasteiger partial charge in [0.15, 0.2) is 0 Å². The van der Waals surface area contributed by atoms with E-state index in [0.29, 0.717) is 24.6 Å². The summed E-state index contributed by atoms with van der Waals surface area (Å²) >= 11 is -0.104. The van der Waals surface area contributed by atoms with E-state index in [-0.39, 0.29) is 22.6 Å². The number of methoxy groups -OCH3 is 1. The summed E-state index contributed by atoms with van der Waals surface area (Å²) in [6.45, 7) is 14.2. The number of hydrogen-bond donors (Lipinski definition) is 1. The normalized spacial score (nSPS) is 12.8. The lowest BCUT2D eigenvalue weighted by Gasteiger charge is -2.23.